The molecule has 0 bridgehead atoms. The van der Waals surface area contributed by atoms with Crippen molar-refractivity contribution in [1.29, 1.82) is 0 Å². The maximum absolute atomic E-state index is 13.6. The number of halogens is 1. The summed E-state index contributed by atoms with van der Waals surface area (Å²) in [7, 11) is 0. The number of hydrogen-bond donors (Lipinski definition) is 0. The Balaban J connectivity index is 2.35. The summed E-state index contributed by atoms with van der Waals surface area (Å²) in [6.45, 7) is 2.05. The van der Waals surface area contributed by atoms with Crippen molar-refractivity contribution in [3.05, 3.63) is 42.1 Å². The Hall–Kier alpha value is -1.71. The van der Waals surface area contributed by atoms with Crippen LogP contribution in [0.25, 0.3) is 5.82 Å². The normalized spacial score (nSPS) is 10.5. The Bertz CT molecular complexity index is 437. The van der Waals surface area contributed by atoms with E-state index >= 15 is 0 Å². The molecule has 2 rings (SSSR count). The Morgan fingerprint density at radius 3 is 2.93 bits per heavy atom. The molecule has 0 atom stereocenters. The summed E-state index contributed by atoms with van der Waals surface area (Å²) in [4.78, 5) is 4.06. The van der Waals surface area contributed by atoms with E-state index in [-0.39, 0.29) is 11.6 Å². The van der Waals surface area contributed by atoms with E-state index in [2.05, 4.69) is 17.0 Å². The van der Waals surface area contributed by atoms with Gasteiger partial charge in [0.05, 0.1) is 0 Å². The molecule has 0 radical (unpaired) electrons. The zero-order valence-electron chi connectivity index (χ0n) is 8.52. The van der Waals surface area contributed by atoms with Crippen LogP contribution in [0.5, 0.6) is 0 Å². The van der Waals surface area contributed by atoms with Crippen LogP contribution in [-0.4, -0.2) is 14.8 Å². The molecule has 0 aliphatic heterocycles. The second-order valence-corrected chi connectivity index (χ2v) is 3.35. The molecule has 0 amide bonds. The van der Waals surface area contributed by atoms with Crippen LogP contribution in [0.2, 0.25) is 0 Å². The first kappa shape index (κ1) is 9.83. The largest absolute Gasteiger partial charge is 0.234 e. The third-order valence-electron chi connectivity index (χ3n) is 2.14. The van der Waals surface area contributed by atoms with Crippen LogP contribution in [0.1, 0.15) is 18.9 Å². The maximum Gasteiger partial charge on any atom is 0.189 e. The minimum Gasteiger partial charge on any atom is -0.234 e. The number of aryl methyl sites for hydroxylation is 1. The summed E-state index contributed by atoms with van der Waals surface area (Å²) >= 11 is 0. The Labute approximate surface area is 87.6 Å². The second-order valence-electron chi connectivity index (χ2n) is 3.35. The van der Waals surface area contributed by atoms with Gasteiger partial charge in [-0.05, 0) is 24.1 Å². The summed E-state index contributed by atoms with van der Waals surface area (Å²) in [5, 5.41) is 3.94. The van der Waals surface area contributed by atoms with Crippen molar-refractivity contribution >= 4 is 0 Å². The Kier molecular flexibility index (Phi) is 2.76. The van der Waals surface area contributed by atoms with Crippen LogP contribution < -0.4 is 0 Å². The topological polar surface area (TPSA) is 30.7 Å². The van der Waals surface area contributed by atoms with Crippen molar-refractivity contribution in [1.82, 2.24) is 14.8 Å². The number of pyridine rings is 1. The smallest absolute Gasteiger partial charge is 0.189 e. The fraction of sp³-hybridized carbons (Fsp3) is 0.273. The molecule has 2 aromatic heterocycles. The molecule has 0 aliphatic rings. The van der Waals surface area contributed by atoms with Crippen molar-refractivity contribution in [3.63, 3.8) is 0 Å². The van der Waals surface area contributed by atoms with Crippen molar-refractivity contribution < 1.29 is 4.39 Å². The van der Waals surface area contributed by atoms with Crippen LogP contribution in [0, 0.1) is 5.82 Å². The van der Waals surface area contributed by atoms with Gasteiger partial charge in [0.1, 0.15) is 0 Å². The van der Waals surface area contributed by atoms with Gasteiger partial charge in [-0.15, -0.1) is 0 Å². The molecule has 0 saturated carbocycles. The molecule has 2 heterocycles. The van der Waals surface area contributed by atoms with E-state index in [1.54, 1.807) is 24.7 Å². The molecule has 0 N–H and O–H groups in total. The van der Waals surface area contributed by atoms with E-state index in [1.807, 2.05) is 0 Å². The highest BCUT2D eigenvalue weighted by Gasteiger charge is 2.06. The van der Waals surface area contributed by atoms with E-state index in [0.29, 0.717) is 0 Å². The van der Waals surface area contributed by atoms with Gasteiger partial charge in [0, 0.05) is 18.6 Å². The van der Waals surface area contributed by atoms with Crippen molar-refractivity contribution in [2.75, 3.05) is 0 Å². The van der Waals surface area contributed by atoms with E-state index in [4.69, 9.17) is 0 Å². The first-order chi connectivity index (χ1) is 7.31. The molecule has 2 aromatic rings. The van der Waals surface area contributed by atoms with Crippen molar-refractivity contribution in [2.24, 2.45) is 0 Å². The molecule has 0 fully saturated rings. The van der Waals surface area contributed by atoms with Crippen LogP contribution in [-0.2, 0) is 6.42 Å². The monoisotopic (exact) mass is 205 g/mol. The lowest BCUT2D eigenvalue weighted by molar-refractivity contribution is 0.597. The zero-order chi connectivity index (χ0) is 10.7. The highest BCUT2D eigenvalue weighted by molar-refractivity contribution is 5.26. The van der Waals surface area contributed by atoms with Crippen LogP contribution in [0.15, 0.2) is 30.7 Å². The predicted octanol–water partition coefficient (Wildman–Crippen LogP) is 2.36. The molecule has 0 saturated heterocycles. The van der Waals surface area contributed by atoms with Crippen molar-refractivity contribution in [3.8, 4) is 5.82 Å². The molecular formula is C11H12FN3. The molecule has 15 heavy (non-hydrogen) atoms. The summed E-state index contributed by atoms with van der Waals surface area (Å²) in [5.74, 6) is -0.0792. The zero-order valence-corrected chi connectivity index (χ0v) is 8.52. The number of rotatable bonds is 3. The fourth-order valence-corrected chi connectivity index (χ4v) is 1.46. The van der Waals surface area contributed by atoms with Gasteiger partial charge >= 0.3 is 0 Å². The molecule has 78 valence electrons. The molecule has 0 unspecified atom stereocenters. The first-order valence-electron chi connectivity index (χ1n) is 4.95. The summed E-state index contributed by atoms with van der Waals surface area (Å²) < 4.78 is 15.0. The summed E-state index contributed by atoms with van der Waals surface area (Å²) in [6.07, 6.45) is 6.81. The van der Waals surface area contributed by atoms with Gasteiger partial charge in [0.25, 0.3) is 0 Å². The Morgan fingerprint density at radius 1 is 1.47 bits per heavy atom. The minimum atomic E-state index is -0.329. The third kappa shape index (κ3) is 2.03. The molecule has 0 spiro atoms. The molecule has 0 aliphatic carbocycles. The minimum absolute atomic E-state index is 0.250. The van der Waals surface area contributed by atoms with Crippen molar-refractivity contribution in [2.45, 2.75) is 19.8 Å². The van der Waals surface area contributed by atoms with E-state index in [0.717, 1.165) is 18.4 Å². The quantitative estimate of drug-likeness (QED) is 0.770. The fourth-order valence-electron chi connectivity index (χ4n) is 1.46. The van der Waals surface area contributed by atoms with E-state index in [1.165, 1.54) is 10.7 Å². The predicted molar refractivity (Wildman–Crippen MR) is 55.3 cm³/mol. The first-order valence-corrected chi connectivity index (χ1v) is 4.95. The number of hydrogen-bond acceptors (Lipinski definition) is 2. The molecule has 3 nitrogen and oxygen atoms in total. The van der Waals surface area contributed by atoms with E-state index in [9.17, 15) is 4.39 Å². The number of aromatic nitrogens is 3. The molecular weight excluding hydrogens is 193 g/mol. The summed E-state index contributed by atoms with van der Waals surface area (Å²) in [6, 6.07) is 3.26. The lowest BCUT2D eigenvalue weighted by Crippen LogP contribution is -2.02. The Morgan fingerprint density at radius 2 is 2.33 bits per heavy atom. The summed E-state index contributed by atoms with van der Waals surface area (Å²) in [5.41, 5.74) is 0.922. The average molecular weight is 205 g/mol. The third-order valence-corrected chi connectivity index (χ3v) is 2.14. The molecule has 0 aromatic carbocycles. The van der Waals surface area contributed by atoms with Gasteiger partial charge in [-0.2, -0.15) is 5.10 Å². The van der Waals surface area contributed by atoms with Gasteiger partial charge in [0.15, 0.2) is 11.6 Å². The lowest BCUT2D eigenvalue weighted by Gasteiger charge is -2.04. The standard InChI is InChI=1S/C11H12FN3/c1-2-4-9-7-10(12)11(13-8-9)15-6-3-5-14-15/h3,5-8H,2,4H2,1H3. The van der Waals surface area contributed by atoms with Gasteiger partial charge in [-0.3, -0.25) is 0 Å². The molecule has 4 heteroatoms. The van der Waals surface area contributed by atoms with Gasteiger partial charge in [-0.25, -0.2) is 14.1 Å². The maximum atomic E-state index is 13.6. The SMILES string of the molecule is CCCc1cnc(-n2cccn2)c(F)c1. The van der Waals surface area contributed by atoms with Gasteiger partial charge in [0.2, 0.25) is 0 Å². The van der Waals surface area contributed by atoms with Crippen LogP contribution in [0.3, 0.4) is 0 Å². The van der Waals surface area contributed by atoms with E-state index < -0.39 is 0 Å². The number of nitrogens with zero attached hydrogens (tertiary/aromatic N) is 3. The van der Waals surface area contributed by atoms with Gasteiger partial charge in [-0.1, -0.05) is 13.3 Å². The van der Waals surface area contributed by atoms with Gasteiger partial charge < -0.3 is 0 Å². The average Bonchev–Trinajstić information content (AvgIpc) is 2.71. The highest BCUT2D eigenvalue weighted by Crippen LogP contribution is 2.11. The van der Waals surface area contributed by atoms with Crippen LogP contribution >= 0.6 is 0 Å². The second kappa shape index (κ2) is 4.21. The van der Waals surface area contributed by atoms with Crippen LogP contribution in [0.4, 0.5) is 4.39 Å². The highest BCUT2D eigenvalue weighted by atomic mass is 19.1. The lowest BCUT2D eigenvalue weighted by atomic mass is 10.2.